The molecule has 0 amide bonds. The standard InChI is InChI=1S/C8H13N3O2S/c12-5-8-10-9-6-11(8)7-1-3-14(13)4-2-7/h6-7,12H,1-5H2. The van der Waals surface area contributed by atoms with Gasteiger partial charge in [-0.25, -0.2) is 0 Å². The molecule has 1 aliphatic heterocycles. The minimum Gasteiger partial charge on any atom is -0.388 e. The lowest BCUT2D eigenvalue weighted by atomic mass is 10.1. The van der Waals surface area contributed by atoms with Gasteiger partial charge < -0.3 is 9.67 Å². The van der Waals surface area contributed by atoms with Crippen molar-refractivity contribution in [2.45, 2.75) is 25.5 Å². The number of nitrogens with zero attached hydrogens (tertiary/aromatic N) is 3. The van der Waals surface area contributed by atoms with Gasteiger partial charge in [0.15, 0.2) is 5.82 Å². The van der Waals surface area contributed by atoms with Crippen molar-refractivity contribution in [2.75, 3.05) is 11.5 Å². The van der Waals surface area contributed by atoms with E-state index in [2.05, 4.69) is 10.2 Å². The zero-order valence-electron chi connectivity index (χ0n) is 7.80. The normalized spacial score (nSPS) is 27.8. The molecular weight excluding hydrogens is 202 g/mol. The third kappa shape index (κ3) is 1.85. The predicted octanol–water partition coefficient (Wildman–Crippen LogP) is -0.146. The van der Waals surface area contributed by atoms with Crippen molar-refractivity contribution in [1.82, 2.24) is 14.8 Å². The van der Waals surface area contributed by atoms with Crippen LogP contribution in [0.25, 0.3) is 0 Å². The molecular formula is C8H13N3O2S. The van der Waals surface area contributed by atoms with Crippen LogP contribution in [0, 0.1) is 0 Å². The molecule has 0 atom stereocenters. The Morgan fingerprint density at radius 3 is 2.93 bits per heavy atom. The second-order valence-corrected chi connectivity index (χ2v) is 5.09. The van der Waals surface area contributed by atoms with Gasteiger partial charge in [0.1, 0.15) is 12.9 Å². The second kappa shape index (κ2) is 4.18. The molecule has 1 fully saturated rings. The Balaban J connectivity index is 2.11. The van der Waals surface area contributed by atoms with Crippen LogP contribution >= 0.6 is 0 Å². The van der Waals surface area contributed by atoms with Crippen LogP contribution in [0.5, 0.6) is 0 Å². The maximum absolute atomic E-state index is 11.2. The highest BCUT2D eigenvalue weighted by atomic mass is 32.2. The van der Waals surface area contributed by atoms with Gasteiger partial charge in [0, 0.05) is 28.3 Å². The number of rotatable bonds is 2. The molecule has 0 radical (unpaired) electrons. The van der Waals surface area contributed by atoms with Crippen LogP contribution in [0.3, 0.4) is 0 Å². The summed E-state index contributed by atoms with van der Waals surface area (Å²) < 4.78 is 13.1. The SMILES string of the molecule is O=S1CCC(n2cnnc2CO)CC1. The molecule has 1 N–H and O–H groups in total. The fourth-order valence-electron chi connectivity index (χ4n) is 1.74. The minimum absolute atomic E-state index is 0.0837. The fourth-order valence-corrected chi connectivity index (χ4v) is 3.02. The van der Waals surface area contributed by atoms with E-state index in [0.29, 0.717) is 11.9 Å². The van der Waals surface area contributed by atoms with Crippen molar-refractivity contribution in [3.63, 3.8) is 0 Å². The lowest BCUT2D eigenvalue weighted by Crippen LogP contribution is -2.22. The van der Waals surface area contributed by atoms with Gasteiger partial charge in [-0.05, 0) is 12.8 Å². The van der Waals surface area contributed by atoms with Crippen molar-refractivity contribution in [1.29, 1.82) is 0 Å². The van der Waals surface area contributed by atoms with Gasteiger partial charge in [-0.2, -0.15) is 0 Å². The Morgan fingerprint density at radius 1 is 1.57 bits per heavy atom. The molecule has 78 valence electrons. The van der Waals surface area contributed by atoms with Gasteiger partial charge in [-0.1, -0.05) is 0 Å². The number of hydrogen-bond donors (Lipinski definition) is 1. The van der Waals surface area contributed by atoms with Crippen LogP contribution in [0.15, 0.2) is 6.33 Å². The zero-order valence-corrected chi connectivity index (χ0v) is 8.61. The van der Waals surface area contributed by atoms with Crippen LogP contribution < -0.4 is 0 Å². The maximum Gasteiger partial charge on any atom is 0.158 e. The van der Waals surface area contributed by atoms with Crippen molar-refractivity contribution in [3.05, 3.63) is 12.2 Å². The summed E-state index contributed by atoms with van der Waals surface area (Å²) in [4.78, 5) is 0. The van der Waals surface area contributed by atoms with Gasteiger partial charge in [-0.15, -0.1) is 10.2 Å². The lowest BCUT2D eigenvalue weighted by Gasteiger charge is -2.23. The average Bonchev–Trinajstić information content (AvgIpc) is 2.67. The first-order chi connectivity index (χ1) is 6.81. The molecule has 0 saturated carbocycles. The van der Waals surface area contributed by atoms with Crippen LogP contribution in [0.2, 0.25) is 0 Å². The molecule has 1 aliphatic rings. The summed E-state index contributed by atoms with van der Waals surface area (Å²) in [6.07, 6.45) is 3.42. The third-order valence-electron chi connectivity index (χ3n) is 2.54. The molecule has 6 heteroatoms. The molecule has 0 aliphatic carbocycles. The molecule has 2 rings (SSSR count). The fraction of sp³-hybridized carbons (Fsp3) is 0.750. The lowest BCUT2D eigenvalue weighted by molar-refractivity contribution is 0.258. The molecule has 1 aromatic rings. The summed E-state index contributed by atoms with van der Waals surface area (Å²) in [7, 11) is -0.648. The summed E-state index contributed by atoms with van der Waals surface area (Å²) >= 11 is 0. The first-order valence-electron chi connectivity index (χ1n) is 4.65. The van der Waals surface area contributed by atoms with Gasteiger partial charge in [0.05, 0.1) is 0 Å². The van der Waals surface area contributed by atoms with Crippen molar-refractivity contribution >= 4 is 10.8 Å². The number of aliphatic hydroxyl groups is 1. The molecule has 1 aromatic heterocycles. The molecule has 0 spiro atoms. The van der Waals surface area contributed by atoms with Crippen LogP contribution in [-0.2, 0) is 17.4 Å². The van der Waals surface area contributed by atoms with Gasteiger partial charge >= 0.3 is 0 Å². The zero-order chi connectivity index (χ0) is 9.97. The molecule has 5 nitrogen and oxygen atoms in total. The van der Waals surface area contributed by atoms with E-state index < -0.39 is 10.8 Å². The molecule has 14 heavy (non-hydrogen) atoms. The summed E-state index contributed by atoms with van der Waals surface area (Å²) in [6.45, 7) is -0.0837. The van der Waals surface area contributed by atoms with E-state index in [1.54, 1.807) is 6.33 Å². The Bertz CT molecular complexity index is 329. The van der Waals surface area contributed by atoms with E-state index in [9.17, 15) is 4.21 Å². The van der Waals surface area contributed by atoms with Gasteiger partial charge in [0.25, 0.3) is 0 Å². The first kappa shape index (κ1) is 9.79. The topological polar surface area (TPSA) is 68.0 Å². The Kier molecular flexibility index (Phi) is 2.93. The number of hydrogen-bond acceptors (Lipinski definition) is 4. The molecule has 1 saturated heterocycles. The average molecular weight is 215 g/mol. The maximum atomic E-state index is 11.2. The number of aromatic nitrogens is 3. The highest BCUT2D eigenvalue weighted by Crippen LogP contribution is 2.22. The van der Waals surface area contributed by atoms with E-state index >= 15 is 0 Å². The van der Waals surface area contributed by atoms with Crippen molar-refractivity contribution in [3.8, 4) is 0 Å². The predicted molar refractivity (Wildman–Crippen MR) is 52.1 cm³/mol. The van der Waals surface area contributed by atoms with E-state index in [4.69, 9.17) is 5.11 Å². The summed E-state index contributed by atoms with van der Waals surface area (Å²) in [6, 6.07) is 0.310. The Labute approximate surface area is 84.6 Å². The summed E-state index contributed by atoms with van der Waals surface area (Å²) in [5, 5.41) is 16.6. The third-order valence-corrected chi connectivity index (χ3v) is 3.92. The molecule has 2 heterocycles. The quantitative estimate of drug-likeness (QED) is 0.745. The monoisotopic (exact) mass is 215 g/mol. The first-order valence-corrected chi connectivity index (χ1v) is 6.14. The minimum atomic E-state index is -0.648. The van der Waals surface area contributed by atoms with Crippen molar-refractivity contribution < 1.29 is 9.32 Å². The van der Waals surface area contributed by atoms with E-state index in [1.165, 1.54) is 0 Å². The van der Waals surface area contributed by atoms with Crippen LogP contribution in [0.1, 0.15) is 24.7 Å². The second-order valence-electron chi connectivity index (χ2n) is 3.39. The summed E-state index contributed by atoms with van der Waals surface area (Å²) in [5.41, 5.74) is 0. The highest BCUT2D eigenvalue weighted by molar-refractivity contribution is 7.85. The van der Waals surface area contributed by atoms with Crippen molar-refractivity contribution in [2.24, 2.45) is 0 Å². The van der Waals surface area contributed by atoms with Crippen LogP contribution in [0.4, 0.5) is 0 Å². The smallest absolute Gasteiger partial charge is 0.158 e. The van der Waals surface area contributed by atoms with E-state index in [0.717, 1.165) is 24.3 Å². The molecule has 0 unspecified atom stereocenters. The van der Waals surface area contributed by atoms with E-state index in [-0.39, 0.29) is 6.61 Å². The molecule has 0 aromatic carbocycles. The Morgan fingerprint density at radius 2 is 2.29 bits per heavy atom. The summed E-state index contributed by atoms with van der Waals surface area (Å²) in [5.74, 6) is 2.09. The van der Waals surface area contributed by atoms with Gasteiger partial charge in [-0.3, -0.25) is 4.21 Å². The number of aliphatic hydroxyl groups excluding tert-OH is 1. The Hall–Kier alpha value is -0.750. The van der Waals surface area contributed by atoms with Crippen LogP contribution in [-0.4, -0.2) is 35.6 Å². The van der Waals surface area contributed by atoms with E-state index in [1.807, 2.05) is 4.57 Å². The largest absolute Gasteiger partial charge is 0.388 e. The highest BCUT2D eigenvalue weighted by Gasteiger charge is 2.21. The molecule has 0 bridgehead atoms. The van der Waals surface area contributed by atoms with Gasteiger partial charge in [0.2, 0.25) is 0 Å².